The van der Waals surface area contributed by atoms with E-state index >= 15 is 0 Å². The molecule has 3 rings (SSSR count). The van der Waals surface area contributed by atoms with Crippen molar-refractivity contribution in [2.24, 2.45) is 5.73 Å². The van der Waals surface area contributed by atoms with Crippen molar-refractivity contribution in [3.63, 3.8) is 0 Å². The van der Waals surface area contributed by atoms with Crippen LogP contribution in [0.3, 0.4) is 0 Å². The molecule has 0 radical (unpaired) electrons. The van der Waals surface area contributed by atoms with E-state index in [0.717, 1.165) is 11.8 Å². The number of methoxy groups -OCH3 is 1. The lowest BCUT2D eigenvalue weighted by molar-refractivity contribution is 0.0697. The van der Waals surface area contributed by atoms with Crippen LogP contribution >= 0.6 is 11.8 Å². The van der Waals surface area contributed by atoms with E-state index in [9.17, 15) is 19.4 Å². The van der Waals surface area contributed by atoms with Crippen molar-refractivity contribution >= 4 is 35.2 Å². The maximum absolute atomic E-state index is 14.0. The summed E-state index contributed by atoms with van der Waals surface area (Å²) in [7, 11) is 1.63. The molecule has 1 atom stereocenters. The topological polar surface area (TPSA) is 143 Å². The van der Waals surface area contributed by atoms with Crippen LogP contribution in [0.1, 0.15) is 35.8 Å². The van der Waals surface area contributed by atoms with Crippen LogP contribution in [0.15, 0.2) is 59.6 Å². The summed E-state index contributed by atoms with van der Waals surface area (Å²) in [6.45, 7) is 5.02. The Morgan fingerprint density at radius 3 is 2.42 bits per heavy atom. The van der Waals surface area contributed by atoms with Crippen molar-refractivity contribution in [2.75, 3.05) is 43.8 Å². The minimum atomic E-state index is -1.21. The molecule has 0 fully saturated rings. The average Bonchev–Trinajstić information content (AvgIpc) is 2.90. The quantitative estimate of drug-likeness (QED) is 0.242. The van der Waals surface area contributed by atoms with Crippen LogP contribution in [0.2, 0.25) is 0 Å². The van der Waals surface area contributed by atoms with Gasteiger partial charge in [-0.15, -0.1) is 11.8 Å². The number of aromatic carboxylic acids is 1. The monoisotopic (exact) mass is 519 g/mol. The van der Waals surface area contributed by atoms with Crippen LogP contribution in [-0.2, 0) is 4.74 Å². The number of aromatic nitrogens is 2. The molecule has 6 N–H and O–H groups in total. The third kappa shape index (κ3) is 9.78. The van der Waals surface area contributed by atoms with Gasteiger partial charge in [-0.2, -0.15) is 4.98 Å². The van der Waals surface area contributed by atoms with E-state index in [4.69, 9.17) is 5.73 Å². The van der Waals surface area contributed by atoms with E-state index in [1.807, 2.05) is 44.2 Å². The molecule has 0 spiro atoms. The predicted octanol–water partition coefficient (Wildman–Crippen LogP) is 4.54. The average molecular weight is 520 g/mol. The number of ether oxygens (including phenoxy) is 1. The Morgan fingerprint density at radius 1 is 1.22 bits per heavy atom. The number of rotatable bonds is 10. The molecule has 196 valence electrons. The second-order valence-electron chi connectivity index (χ2n) is 6.81. The Balaban J connectivity index is 0.000000826. The van der Waals surface area contributed by atoms with E-state index in [2.05, 4.69) is 25.3 Å². The van der Waals surface area contributed by atoms with Crippen molar-refractivity contribution in [3.05, 3.63) is 71.7 Å². The normalized spacial score (nSPS) is 10.8. The zero-order chi connectivity index (χ0) is 26.9. The minimum Gasteiger partial charge on any atom is -0.477 e. The molecular formula is C25H34FN5O4S. The number of nitrogens with two attached hydrogens (primary N) is 1. The molecule has 1 heterocycles. The fraction of sp³-hybridized carbons (Fsp3) is 0.320. The van der Waals surface area contributed by atoms with Crippen LogP contribution < -0.4 is 16.4 Å². The number of halogens is 1. The number of carboxylic acid groups (broad SMARTS) is 1. The summed E-state index contributed by atoms with van der Waals surface area (Å²) < 4.78 is 18.6. The second-order valence-corrected chi connectivity index (χ2v) is 7.66. The van der Waals surface area contributed by atoms with Gasteiger partial charge in [0.2, 0.25) is 5.95 Å². The molecule has 0 saturated carbocycles. The summed E-state index contributed by atoms with van der Waals surface area (Å²) in [5, 5.41) is 25.0. The maximum Gasteiger partial charge on any atom is 0.341 e. The van der Waals surface area contributed by atoms with Crippen molar-refractivity contribution < 1.29 is 24.1 Å². The van der Waals surface area contributed by atoms with E-state index in [1.54, 1.807) is 25.5 Å². The molecule has 36 heavy (non-hydrogen) atoms. The van der Waals surface area contributed by atoms with Gasteiger partial charge in [0.1, 0.15) is 17.2 Å². The van der Waals surface area contributed by atoms with Crippen molar-refractivity contribution in [1.29, 1.82) is 0 Å². The molecular weight excluding hydrogens is 485 g/mol. The summed E-state index contributed by atoms with van der Waals surface area (Å²) in [6.07, 6.45) is 2.94. The van der Waals surface area contributed by atoms with Crippen molar-refractivity contribution in [2.45, 2.75) is 24.8 Å². The van der Waals surface area contributed by atoms with Gasteiger partial charge in [-0.1, -0.05) is 44.2 Å². The van der Waals surface area contributed by atoms with Gasteiger partial charge in [0.15, 0.2) is 0 Å². The molecule has 0 aliphatic heterocycles. The zero-order valence-corrected chi connectivity index (χ0v) is 21.7. The molecule has 1 unspecified atom stereocenters. The van der Waals surface area contributed by atoms with Crippen LogP contribution in [0.5, 0.6) is 0 Å². The number of hydrogen-bond acceptors (Lipinski definition) is 9. The molecule has 0 aliphatic rings. The van der Waals surface area contributed by atoms with E-state index in [-0.39, 0.29) is 29.8 Å². The summed E-state index contributed by atoms with van der Waals surface area (Å²) in [4.78, 5) is 20.3. The van der Waals surface area contributed by atoms with Crippen LogP contribution in [0, 0.1) is 5.82 Å². The van der Waals surface area contributed by atoms with Gasteiger partial charge in [0.25, 0.3) is 0 Å². The number of anilines is 3. The molecule has 0 bridgehead atoms. The number of thioether (sulfide) groups is 1. The first-order valence-corrected chi connectivity index (χ1v) is 12.5. The van der Waals surface area contributed by atoms with E-state index in [1.165, 1.54) is 17.8 Å². The zero-order valence-electron chi connectivity index (χ0n) is 20.9. The molecule has 0 saturated heterocycles. The lowest BCUT2D eigenvalue weighted by atomic mass is 10.1. The number of carbonyl (C=O) groups is 1. The van der Waals surface area contributed by atoms with Gasteiger partial charge in [-0.05, 0) is 30.0 Å². The summed E-state index contributed by atoms with van der Waals surface area (Å²) in [6, 6.07) is 13.2. The van der Waals surface area contributed by atoms with Crippen LogP contribution in [0.25, 0.3) is 0 Å². The predicted molar refractivity (Wildman–Crippen MR) is 143 cm³/mol. The molecule has 11 heteroatoms. The Labute approximate surface area is 215 Å². The van der Waals surface area contributed by atoms with Gasteiger partial charge < -0.3 is 31.3 Å². The number of nitrogens with zero attached hydrogens (tertiary/aromatic N) is 2. The second kappa shape index (κ2) is 17.2. The maximum atomic E-state index is 14.0. The highest BCUT2D eigenvalue weighted by Gasteiger charge is 2.18. The lowest BCUT2D eigenvalue weighted by Crippen LogP contribution is -2.18. The number of carboxylic acids is 1. The highest BCUT2D eigenvalue weighted by Crippen LogP contribution is 2.25. The summed E-state index contributed by atoms with van der Waals surface area (Å²) in [5.74, 6) is -1.45. The van der Waals surface area contributed by atoms with Gasteiger partial charge in [-0.25, -0.2) is 14.2 Å². The largest absolute Gasteiger partial charge is 0.477 e. The third-order valence-electron chi connectivity index (χ3n) is 4.44. The van der Waals surface area contributed by atoms with Gasteiger partial charge in [0, 0.05) is 30.4 Å². The van der Waals surface area contributed by atoms with Crippen molar-refractivity contribution in [1.82, 2.24) is 9.97 Å². The molecule has 3 aromatic rings. The SMILES string of the molecule is CC.COCCN.CSc1ccc(Nc2ncc(C(=O)O)c(NC(CO)c3ccccc3)n2)cc1F. The molecule has 0 aliphatic carbocycles. The number of aliphatic hydroxyl groups excluding tert-OH is 1. The Bertz CT molecular complexity index is 1060. The minimum absolute atomic E-state index is 0.0408. The molecule has 2 aromatic carbocycles. The fourth-order valence-electron chi connectivity index (χ4n) is 2.78. The third-order valence-corrected chi connectivity index (χ3v) is 5.22. The first-order chi connectivity index (χ1) is 17.4. The Hall–Kier alpha value is -3.25. The number of aliphatic hydroxyl groups is 1. The fourth-order valence-corrected chi connectivity index (χ4v) is 3.24. The van der Waals surface area contributed by atoms with Crippen LogP contribution in [-0.4, -0.2) is 59.3 Å². The van der Waals surface area contributed by atoms with Crippen molar-refractivity contribution in [3.8, 4) is 0 Å². The highest BCUT2D eigenvalue weighted by atomic mass is 32.2. The van der Waals surface area contributed by atoms with Gasteiger partial charge in [0.05, 0.1) is 19.3 Å². The smallest absolute Gasteiger partial charge is 0.341 e. The molecule has 9 nitrogen and oxygen atoms in total. The van der Waals surface area contributed by atoms with E-state index in [0.29, 0.717) is 23.7 Å². The summed E-state index contributed by atoms with van der Waals surface area (Å²) >= 11 is 1.29. The van der Waals surface area contributed by atoms with E-state index < -0.39 is 12.0 Å². The van der Waals surface area contributed by atoms with Crippen LogP contribution in [0.4, 0.5) is 21.8 Å². The van der Waals surface area contributed by atoms with Gasteiger partial charge >= 0.3 is 5.97 Å². The number of benzene rings is 2. The Kier molecular flexibility index (Phi) is 14.7. The first-order valence-electron chi connectivity index (χ1n) is 11.3. The number of nitrogens with one attached hydrogen (secondary N) is 2. The molecule has 0 amide bonds. The number of hydrogen-bond donors (Lipinski definition) is 5. The Morgan fingerprint density at radius 2 is 1.92 bits per heavy atom. The van der Waals surface area contributed by atoms with Gasteiger partial charge in [-0.3, -0.25) is 0 Å². The highest BCUT2D eigenvalue weighted by molar-refractivity contribution is 7.98. The summed E-state index contributed by atoms with van der Waals surface area (Å²) in [5.41, 5.74) is 6.07. The first kappa shape index (κ1) is 30.8. The standard InChI is InChI=1S/C20H19FN4O3S.C3H9NO.C2H6/c1-29-17-8-7-13(9-15(17)21)23-20-22-10-14(19(27)28)18(25-20)24-16(11-26)12-5-3-2-4-6-12;1-5-3-2-4;1-2/h2-10,16,26H,11H2,1H3,(H,27,28)(H2,22,23,24,25);2-4H2,1H3;1-2H3. The lowest BCUT2D eigenvalue weighted by Gasteiger charge is -2.19. The molecule has 1 aromatic heterocycles.